The van der Waals surface area contributed by atoms with Gasteiger partial charge in [0.25, 0.3) is 5.91 Å². The lowest BCUT2D eigenvalue weighted by Crippen LogP contribution is -2.59. The van der Waals surface area contributed by atoms with Gasteiger partial charge in [-0.1, -0.05) is 0 Å². The topological polar surface area (TPSA) is 83.9 Å². The zero-order valence-corrected chi connectivity index (χ0v) is 18.8. The van der Waals surface area contributed by atoms with E-state index in [9.17, 15) is 4.79 Å². The summed E-state index contributed by atoms with van der Waals surface area (Å²) in [5, 5.41) is 3.57. The van der Waals surface area contributed by atoms with Crippen LogP contribution in [0, 0.1) is 12.8 Å². The minimum Gasteiger partial charge on any atom is -0.365 e. The van der Waals surface area contributed by atoms with E-state index in [2.05, 4.69) is 41.2 Å². The molecular weight excluding hydrogens is 456 g/mol. The van der Waals surface area contributed by atoms with Gasteiger partial charge in [0.2, 0.25) is 0 Å². The van der Waals surface area contributed by atoms with Crippen molar-refractivity contribution in [1.82, 2.24) is 24.8 Å². The van der Waals surface area contributed by atoms with Crippen molar-refractivity contribution in [3.05, 3.63) is 64.7 Å². The lowest BCUT2D eigenvalue weighted by Gasteiger charge is -2.50. The minimum atomic E-state index is -0.0000756. The lowest BCUT2D eigenvalue weighted by molar-refractivity contribution is 0.0282. The molecule has 3 aliphatic rings. The Kier molecular flexibility index (Phi) is 5.40. The molecule has 2 bridgehead atoms. The second kappa shape index (κ2) is 8.34. The molecule has 3 aromatic rings. The Balaban J connectivity index is 1.44. The monoisotopic (exact) mass is 478 g/mol. The van der Waals surface area contributed by atoms with E-state index < -0.39 is 0 Å². The van der Waals surface area contributed by atoms with Crippen LogP contribution in [0.3, 0.4) is 0 Å². The fraction of sp³-hybridized carbons (Fsp3) is 0.348. The normalized spacial score (nSPS) is 22.4. The van der Waals surface area contributed by atoms with Crippen molar-refractivity contribution in [3.8, 4) is 11.5 Å². The number of carbonyl (C=O) groups is 1. The number of nitrogens with zero attached hydrogens (tertiary/aromatic N) is 5. The number of aryl methyl sites for hydroxylation is 1. The first-order valence-electron chi connectivity index (χ1n) is 10.5. The van der Waals surface area contributed by atoms with Crippen molar-refractivity contribution in [2.75, 3.05) is 11.9 Å². The molecule has 3 fully saturated rings. The molecule has 1 aliphatic carbocycles. The van der Waals surface area contributed by atoms with Gasteiger partial charge in [0.15, 0.2) is 5.82 Å². The van der Waals surface area contributed by atoms with Crippen molar-refractivity contribution < 1.29 is 4.79 Å². The van der Waals surface area contributed by atoms with Crippen molar-refractivity contribution >= 4 is 27.7 Å². The summed E-state index contributed by atoms with van der Waals surface area (Å²) in [6.07, 6.45) is 8.33. The quantitative estimate of drug-likeness (QED) is 0.607. The Hall–Kier alpha value is -2.87. The number of amides is 1. The van der Waals surface area contributed by atoms with Crippen LogP contribution in [0.4, 0.5) is 5.82 Å². The van der Waals surface area contributed by atoms with Gasteiger partial charge in [-0.2, -0.15) is 0 Å². The Morgan fingerprint density at radius 1 is 1.13 bits per heavy atom. The number of anilines is 1. The second-order valence-electron chi connectivity index (χ2n) is 8.24. The molecule has 2 aliphatic heterocycles. The highest BCUT2D eigenvalue weighted by molar-refractivity contribution is 9.10. The Bertz CT molecular complexity index is 1090. The summed E-state index contributed by atoms with van der Waals surface area (Å²) >= 11 is 3.43. The first kappa shape index (κ1) is 20.1. The predicted molar refractivity (Wildman–Crippen MR) is 122 cm³/mol. The molecule has 7 nitrogen and oxygen atoms in total. The summed E-state index contributed by atoms with van der Waals surface area (Å²) in [6, 6.07) is 9.74. The largest absolute Gasteiger partial charge is 0.365 e. The number of hydrogen-bond donors (Lipinski definition) is 1. The fourth-order valence-electron chi connectivity index (χ4n) is 4.71. The lowest BCUT2D eigenvalue weighted by atomic mass is 9.76. The average Bonchev–Trinajstić information content (AvgIpc) is 2.81. The number of halogens is 1. The standard InChI is InChI=1S/C23H23BrN6O/c1-14-3-6-17(21(28-14)22-25-9-2-10-26-22)23(31)30-13-15-4-7-19(30)18(11-15)29-20-8-5-16(24)12-27-20/h2-3,5-6,8-10,12,15,18-19H,4,7,11,13H2,1H3,(H,27,29). The minimum absolute atomic E-state index is 0.0000756. The molecule has 1 saturated carbocycles. The zero-order valence-electron chi connectivity index (χ0n) is 17.2. The number of pyridine rings is 2. The molecule has 1 amide bonds. The van der Waals surface area contributed by atoms with Crippen LogP contribution in [0.2, 0.25) is 0 Å². The van der Waals surface area contributed by atoms with Crippen LogP contribution in [0.1, 0.15) is 35.3 Å². The van der Waals surface area contributed by atoms with Gasteiger partial charge in [0.1, 0.15) is 11.5 Å². The van der Waals surface area contributed by atoms with E-state index >= 15 is 0 Å². The molecule has 0 radical (unpaired) electrons. The van der Waals surface area contributed by atoms with Crippen LogP contribution >= 0.6 is 15.9 Å². The SMILES string of the molecule is Cc1ccc(C(=O)N2CC3CCC2C(Nc2ccc(Br)cn2)C3)c(-c2ncccn2)n1. The smallest absolute Gasteiger partial charge is 0.256 e. The molecule has 158 valence electrons. The van der Waals surface area contributed by atoms with E-state index in [0.717, 1.165) is 41.8 Å². The van der Waals surface area contributed by atoms with Crippen molar-refractivity contribution in [1.29, 1.82) is 0 Å². The first-order chi connectivity index (χ1) is 15.1. The highest BCUT2D eigenvalue weighted by Crippen LogP contribution is 2.38. The van der Waals surface area contributed by atoms with E-state index in [1.54, 1.807) is 24.7 Å². The molecule has 8 heteroatoms. The van der Waals surface area contributed by atoms with Crippen LogP contribution in [-0.4, -0.2) is 49.4 Å². The Morgan fingerprint density at radius 2 is 1.97 bits per heavy atom. The number of aromatic nitrogens is 4. The summed E-state index contributed by atoms with van der Waals surface area (Å²) in [7, 11) is 0. The first-order valence-corrected chi connectivity index (χ1v) is 11.3. The number of hydrogen-bond acceptors (Lipinski definition) is 6. The maximum absolute atomic E-state index is 13.7. The van der Waals surface area contributed by atoms with Gasteiger partial charge in [-0.25, -0.2) is 19.9 Å². The van der Waals surface area contributed by atoms with Crippen LogP contribution < -0.4 is 5.32 Å². The number of rotatable bonds is 4. The van der Waals surface area contributed by atoms with Gasteiger partial charge < -0.3 is 10.2 Å². The molecular formula is C23H23BrN6O. The maximum atomic E-state index is 13.7. The molecule has 31 heavy (non-hydrogen) atoms. The molecule has 0 spiro atoms. The van der Waals surface area contributed by atoms with Gasteiger partial charge in [0.05, 0.1) is 11.6 Å². The molecule has 3 atom stereocenters. The number of fused-ring (bicyclic) bond motifs is 3. The van der Waals surface area contributed by atoms with Gasteiger partial charge in [-0.3, -0.25) is 4.79 Å². The van der Waals surface area contributed by atoms with Gasteiger partial charge in [-0.15, -0.1) is 0 Å². The third-order valence-electron chi connectivity index (χ3n) is 6.14. The molecule has 3 aromatic heterocycles. The van der Waals surface area contributed by atoms with E-state index in [-0.39, 0.29) is 18.0 Å². The third kappa shape index (κ3) is 4.04. The molecule has 2 saturated heterocycles. The third-order valence-corrected chi connectivity index (χ3v) is 6.61. The summed E-state index contributed by atoms with van der Waals surface area (Å²) in [5.74, 6) is 1.80. The average molecular weight is 479 g/mol. The highest BCUT2D eigenvalue weighted by Gasteiger charge is 2.43. The van der Waals surface area contributed by atoms with Gasteiger partial charge in [-0.05, 0) is 78.4 Å². The Labute approximate surface area is 189 Å². The summed E-state index contributed by atoms with van der Waals surface area (Å²) in [4.78, 5) is 33.5. The van der Waals surface area contributed by atoms with Crippen molar-refractivity contribution in [3.63, 3.8) is 0 Å². The summed E-state index contributed by atoms with van der Waals surface area (Å²) in [5.41, 5.74) is 1.94. The number of nitrogens with one attached hydrogen (secondary N) is 1. The van der Waals surface area contributed by atoms with E-state index in [1.165, 1.54) is 0 Å². The Morgan fingerprint density at radius 3 is 2.71 bits per heavy atom. The molecule has 6 rings (SSSR count). The molecule has 0 aromatic carbocycles. The second-order valence-corrected chi connectivity index (χ2v) is 9.15. The number of piperidine rings is 2. The maximum Gasteiger partial charge on any atom is 0.256 e. The van der Waals surface area contributed by atoms with E-state index in [0.29, 0.717) is 23.0 Å². The van der Waals surface area contributed by atoms with Crippen molar-refractivity contribution in [2.45, 2.75) is 38.3 Å². The molecule has 5 heterocycles. The van der Waals surface area contributed by atoms with Gasteiger partial charge >= 0.3 is 0 Å². The molecule has 1 N–H and O–H groups in total. The van der Waals surface area contributed by atoms with E-state index in [1.807, 2.05) is 36.1 Å². The highest BCUT2D eigenvalue weighted by atomic mass is 79.9. The number of carbonyl (C=O) groups excluding carboxylic acids is 1. The van der Waals surface area contributed by atoms with Crippen LogP contribution in [-0.2, 0) is 0 Å². The fourth-order valence-corrected chi connectivity index (χ4v) is 4.94. The van der Waals surface area contributed by atoms with Crippen molar-refractivity contribution in [2.24, 2.45) is 5.92 Å². The predicted octanol–water partition coefficient (Wildman–Crippen LogP) is 4.11. The molecule has 3 unspecified atom stereocenters. The summed E-state index contributed by atoms with van der Waals surface area (Å²) < 4.78 is 0.947. The van der Waals surface area contributed by atoms with Crippen LogP contribution in [0.25, 0.3) is 11.5 Å². The van der Waals surface area contributed by atoms with Crippen LogP contribution in [0.5, 0.6) is 0 Å². The zero-order chi connectivity index (χ0) is 21.4. The van der Waals surface area contributed by atoms with Gasteiger partial charge in [0, 0.05) is 41.3 Å². The van der Waals surface area contributed by atoms with Crippen LogP contribution in [0.15, 0.2) is 53.4 Å². The van der Waals surface area contributed by atoms with E-state index in [4.69, 9.17) is 0 Å². The summed E-state index contributed by atoms with van der Waals surface area (Å²) in [6.45, 7) is 2.69.